The molecule has 0 saturated heterocycles. The van der Waals surface area contributed by atoms with Crippen LogP contribution in [0.25, 0.3) is 0 Å². The Balaban J connectivity index is 0.813. The molecule has 7 amide bonds. The first kappa shape index (κ1) is 64.5. The number of benzene rings is 1. The number of nitrogens with one attached hydrogen (secondary N) is 8. The highest BCUT2D eigenvalue weighted by Crippen LogP contribution is 2.67. The van der Waals surface area contributed by atoms with Gasteiger partial charge in [0.25, 0.3) is 0 Å². The number of aliphatic carboxylic acids is 1. The van der Waals surface area contributed by atoms with Crippen LogP contribution in [0.1, 0.15) is 188 Å². The van der Waals surface area contributed by atoms with Gasteiger partial charge in [-0.05, 0) is 142 Å². The molecule has 4 aliphatic carbocycles. The third-order valence-electron chi connectivity index (χ3n) is 18.3. The Bertz CT molecular complexity index is 2190. The van der Waals surface area contributed by atoms with Crippen molar-refractivity contribution in [2.45, 2.75) is 207 Å². The van der Waals surface area contributed by atoms with Crippen LogP contribution in [-0.2, 0) is 44.8 Å². The number of unbranched alkanes of at least 4 members (excludes halogenated alkanes) is 3. The molecule has 0 spiro atoms. The Morgan fingerprint density at radius 2 is 1.15 bits per heavy atom. The molecule has 4 aliphatic rings. The van der Waals surface area contributed by atoms with Gasteiger partial charge in [-0.3, -0.25) is 38.4 Å². The van der Waals surface area contributed by atoms with Crippen molar-refractivity contribution in [1.29, 1.82) is 0 Å². The number of carbonyl (C=O) groups excluding carboxylic acids is 7. The Labute approximate surface area is 472 Å². The molecule has 5 rings (SSSR count). The van der Waals surface area contributed by atoms with E-state index >= 15 is 0 Å². The second kappa shape index (κ2) is 32.8. The van der Waals surface area contributed by atoms with Crippen molar-refractivity contribution in [2.24, 2.45) is 46.3 Å². The fraction of sp³-hybridized carbons (Fsp3) is 0.742. The molecule has 0 heterocycles. The van der Waals surface area contributed by atoms with Crippen LogP contribution < -0.4 is 42.5 Å². The van der Waals surface area contributed by atoms with Crippen molar-refractivity contribution in [3.05, 3.63) is 47.5 Å². The Morgan fingerprint density at radius 3 is 1.76 bits per heavy atom. The summed E-state index contributed by atoms with van der Waals surface area (Å²) >= 11 is 0. The van der Waals surface area contributed by atoms with Crippen LogP contribution in [0.3, 0.4) is 0 Å². The average molecular weight is 1100 g/mol. The molecular weight excluding hydrogens is 1000 g/mol. The minimum absolute atomic E-state index is 0.0285. The molecule has 442 valence electrons. The highest BCUT2D eigenvalue weighted by Gasteiger charge is 2.59. The van der Waals surface area contributed by atoms with E-state index in [1.54, 1.807) is 5.57 Å². The minimum Gasteiger partial charge on any atom is -0.480 e. The number of carbonyl (C=O) groups is 8. The van der Waals surface area contributed by atoms with E-state index < -0.39 is 24.0 Å². The summed E-state index contributed by atoms with van der Waals surface area (Å²) in [6.07, 6.45) is 22.0. The van der Waals surface area contributed by atoms with Crippen molar-refractivity contribution in [3.63, 3.8) is 0 Å². The standard InChI is InChI=1S/C62H100N8O9/c1-42(2)16-15-17-43(3)49-24-25-50-48-23-22-46-41-47(26-32-61(46,5)51(48)27-33-62(49,50)6)63-34-14-12-20-53(71)65-36-29-55(73)67-38-31-57(75)68-39-30-56(74)66-37-28-54(72)64-35-13-8-11-21-58(76)70-52(40-45-18-9-7-10-19-45)59(77)69-44(4)60(78)79/h7,9-10,18-19,22,42-44,47-52,63H,8,11-17,20-21,23-41H2,1-6H3,(H,64,72)(H,65,71)(H,66,74)(H,67,73)(H,68,75)(H,69,77)(H,70,76)(H,78,79)/t43-,44+,47+,48+,49-,50+,51+,52+,61+,62-/m1/s1. The van der Waals surface area contributed by atoms with E-state index in [2.05, 4.69) is 83.2 Å². The molecule has 1 aromatic rings. The first-order valence-corrected chi connectivity index (χ1v) is 30.4. The Kier molecular flexibility index (Phi) is 26.8. The van der Waals surface area contributed by atoms with Crippen molar-refractivity contribution in [3.8, 4) is 0 Å². The summed E-state index contributed by atoms with van der Waals surface area (Å²) in [4.78, 5) is 98.3. The van der Waals surface area contributed by atoms with Gasteiger partial charge >= 0.3 is 5.97 Å². The maximum absolute atomic E-state index is 12.8. The van der Waals surface area contributed by atoms with Gasteiger partial charge in [0.1, 0.15) is 12.1 Å². The van der Waals surface area contributed by atoms with Crippen LogP contribution in [-0.4, -0.2) is 110 Å². The summed E-state index contributed by atoms with van der Waals surface area (Å²) in [6.45, 7) is 15.8. The molecule has 17 nitrogen and oxygen atoms in total. The van der Waals surface area contributed by atoms with Gasteiger partial charge in [0, 0.05) is 83.7 Å². The molecule has 3 saturated carbocycles. The highest BCUT2D eigenvalue weighted by atomic mass is 16.4. The lowest BCUT2D eigenvalue weighted by molar-refractivity contribution is -0.141. The molecule has 79 heavy (non-hydrogen) atoms. The third kappa shape index (κ3) is 20.9. The Hall–Kier alpha value is -5.32. The van der Waals surface area contributed by atoms with Crippen molar-refractivity contribution < 1.29 is 43.5 Å². The van der Waals surface area contributed by atoms with E-state index in [0.29, 0.717) is 49.1 Å². The number of fused-ring (bicyclic) bond motifs is 5. The summed E-state index contributed by atoms with van der Waals surface area (Å²) in [5.41, 5.74) is 3.39. The molecule has 0 radical (unpaired) electrons. The van der Waals surface area contributed by atoms with Crippen LogP contribution in [0.15, 0.2) is 42.0 Å². The van der Waals surface area contributed by atoms with Gasteiger partial charge in [-0.2, -0.15) is 0 Å². The monoisotopic (exact) mass is 1100 g/mol. The fourth-order valence-corrected chi connectivity index (χ4v) is 13.8. The summed E-state index contributed by atoms with van der Waals surface area (Å²) in [7, 11) is 0. The third-order valence-corrected chi connectivity index (χ3v) is 18.3. The molecule has 3 fully saturated rings. The van der Waals surface area contributed by atoms with E-state index in [0.717, 1.165) is 66.9 Å². The second-order valence-corrected chi connectivity index (χ2v) is 24.6. The molecule has 17 heteroatoms. The van der Waals surface area contributed by atoms with Gasteiger partial charge < -0.3 is 47.6 Å². The van der Waals surface area contributed by atoms with Crippen molar-refractivity contribution in [1.82, 2.24) is 42.5 Å². The molecule has 0 unspecified atom stereocenters. The van der Waals surface area contributed by atoms with Gasteiger partial charge in [0.05, 0.1) is 0 Å². The SMILES string of the molecule is CC(C)CCC[C@@H](C)[C@H]1CC[C@H]2[C@@H]3CC=C4C[C@@H](NCCCCC(=O)NCCC(=O)NCCC(=O)NCCC(=O)NCCC(=O)NCCCCCC(=O)N[C@@H](Cc5ccccc5)C(=O)N[C@@H](C)C(=O)O)CC[C@]4(C)[C@H]3CC[C@]12C. The van der Waals surface area contributed by atoms with Crippen molar-refractivity contribution in [2.75, 3.05) is 39.3 Å². The number of amides is 7. The zero-order valence-corrected chi connectivity index (χ0v) is 48.9. The number of hydrogen-bond acceptors (Lipinski definition) is 9. The first-order valence-electron chi connectivity index (χ1n) is 30.4. The molecule has 10 atom stereocenters. The largest absolute Gasteiger partial charge is 0.480 e. The van der Waals surface area contributed by atoms with Gasteiger partial charge in [0.15, 0.2) is 0 Å². The average Bonchev–Trinajstić information content (AvgIpc) is 4.07. The normalized spacial score (nSPS) is 24.2. The minimum atomic E-state index is -1.18. The van der Waals surface area contributed by atoms with E-state index in [4.69, 9.17) is 0 Å². The lowest BCUT2D eigenvalue weighted by Gasteiger charge is -2.58. The molecule has 1 aromatic carbocycles. The molecular formula is C62H100N8O9. The summed E-state index contributed by atoms with van der Waals surface area (Å²) in [6, 6.07) is 7.57. The summed E-state index contributed by atoms with van der Waals surface area (Å²) in [5, 5.41) is 31.8. The van der Waals surface area contributed by atoms with Crippen LogP contribution in [0.5, 0.6) is 0 Å². The predicted molar refractivity (Wildman–Crippen MR) is 308 cm³/mol. The number of hydrogen-bond donors (Lipinski definition) is 9. The second-order valence-electron chi connectivity index (χ2n) is 24.6. The van der Waals surface area contributed by atoms with Crippen LogP contribution >= 0.6 is 0 Å². The predicted octanol–water partition coefficient (Wildman–Crippen LogP) is 7.17. The number of carboxylic acids is 1. The molecule has 9 N–H and O–H groups in total. The van der Waals surface area contributed by atoms with Crippen molar-refractivity contribution >= 4 is 47.3 Å². The summed E-state index contributed by atoms with van der Waals surface area (Å²) < 4.78 is 0. The van der Waals surface area contributed by atoms with Gasteiger partial charge in [-0.15, -0.1) is 0 Å². The molecule has 0 aromatic heterocycles. The number of rotatable bonds is 35. The van der Waals surface area contributed by atoms with E-state index in [1.165, 1.54) is 71.1 Å². The highest BCUT2D eigenvalue weighted by molar-refractivity contribution is 5.90. The van der Waals surface area contributed by atoms with Crippen LogP contribution in [0, 0.1) is 46.3 Å². The van der Waals surface area contributed by atoms with Gasteiger partial charge in [0.2, 0.25) is 41.4 Å². The maximum atomic E-state index is 12.8. The van der Waals surface area contributed by atoms with E-state index in [-0.39, 0.29) is 100 Å². The Morgan fingerprint density at radius 1 is 0.582 bits per heavy atom. The lowest BCUT2D eigenvalue weighted by atomic mass is 9.47. The van der Waals surface area contributed by atoms with Crippen LogP contribution in [0.2, 0.25) is 0 Å². The lowest BCUT2D eigenvalue weighted by Crippen LogP contribution is -2.51. The first-order chi connectivity index (χ1) is 37.8. The molecule has 0 bridgehead atoms. The zero-order valence-electron chi connectivity index (χ0n) is 48.9. The number of allylic oxidation sites excluding steroid dienone is 1. The van der Waals surface area contributed by atoms with E-state index in [9.17, 15) is 43.5 Å². The quantitative estimate of drug-likeness (QED) is 0.0245. The molecule has 0 aliphatic heterocycles. The van der Waals surface area contributed by atoms with Crippen LogP contribution in [0.4, 0.5) is 0 Å². The van der Waals surface area contributed by atoms with E-state index in [1.807, 2.05) is 30.3 Å². The number of carboxylic acid groups (broad SMARTS) is 1. The smallest absolute Gasteiger partial charge is 0.325 e. The van der Waals surface area contributed by atoms with Gasteiger partial charge in [-0.25, -0.2) is 0 Å². The fourth-order valence-electron chi connectivity index (χ4n) is 13.8. The topological polar surface area (TPSA) is 253 Å². The zero-order chi connectivity index (χ0) is 57.4. The maximum Gasteiger partial charge on any atom is 0.325 e. The van der Waals surface area contributed by atoms with Gasteiger partial charge in [-0.1, -0.05) is 102 Å². The summed E-state index contributed by atoms with van der Waals surface area (Å²) in [5.74, 6) is 1.80.